The summed E-state index contributed by atoms with van der Waals surface area (Å²) >= 11 is 1.21. The second kappa shape index (κ2) is 9.04. The van der Waals surface area contributed by atoms with Crippen molar-refractivity contribution in [2.24, 2.45) is 4.99 Å². The highest BCUT2D eigenvalue weighted by atomic mass is 32.2. The number of thioether (sulfide) groups is 1. The fourth-order valence-corrected chi connectivity index (χ4v) is 3.75. The Labute approximate surface area is 178 Å². The van der Waals surface area contributed by atoms with Gasteiger partial charge in [0.1, 0.15) is 0 Å². The number of carboxylic acid groups (broad SMARTS) is 1. The van der Waals surface area contributed by atoms with E-state index >= 15 is 0 Å². The number of benzene rings is 2. The molecule has 30 heavy (non-hydrogen) atoms. The van der Waals surface area contributed by atoms with Crippen LogP contribution < -0.4 is 14.8 Å². The molecule has 0 aliphatic carbocycles. The highest BCUT2D eigenvalue weighted by molar-refractivity contribution is 8.18. The van der Waals surface area contributed by atoms with Crippen LogP contribution in [0, 0.1) is 13.8 Å². The number of ether oxygens (including phenoxy) is 2. The summed E-state index contributed by atoms with van der Waals surface area (Å²) in [6.07, 6.45) is 0.557. The zero-order valence-electron chi connectivity index (χ0n) is 17.1. The summed E-state index contributed by atoms with van der Waals surface area (Å²) in [7, 11) is 1.47. The second-order valence-electron chi connectivity index (χ2n) is 6.80. The maximum absolute atomic E-state index is 12.5. The lowest BCUT2D eigenvalue weighted by molar-refractivity contribution is -0.144. The standard InChI is InChI=1S/C22H22N2O5S/c1-12-8-13(2)10-16(9-12)23-22-24-20(25)18(30-22)11-15-6-5-7-17(28-4)19(15)29-14(3)21(26)27/h5-11,14H,1-4H3,(H,26,27)(H,23,24,25)/b18-11-/t14-/m0/s1. The van der Waals surface area contributed by atoms with Gasteiger partial charge in [-0.05, 0) is 67.9 Å². The second-order valence-corrected chi connectivity index (χ2v) is 7.84. The number of para-hydroxylation sites is 1. The Bertz CT molecular complexity index is 1040. The summed E-state index contributed by atoms with van der Waals surface area (Å²) in [4.78, 5) is 28.6. The lowest BCUT2D eigenvalue weighted by Gasteiger charge is -2.16. The number of aliphatic carboxylic acids is 1. The number of nitrogens with one attached hydrogen (secondary N) is 1. The van der Waals surface area contributed by atoms with Gasteiger partial charge >= 0.3 is 5.97 Å². The third-order valence-electron chi connectivity index (χ3n) is 4.25. The third-order valence-corrected chi connectivity index (χ3v) is 5.16. The number of carboxylic acids is 1. The fraction of sp³-hybridized carbons (Fsp3) is 0.227. The van der Waals surface area contributed by atoms with Crippen molar-refractivity contribution < 1.29 is 24.2 Å². The molecule has 7 nitrogen and oxygen atoms in total. The zero-order chi connectivity index (χ0) is 21.8. The first-order valence-corrected chi connectivity index (χ1v) is 10.0. The molecule has 1 aliphatic rings. The number of methoxy groups -OCH3 is 1. The predicted octanol–water partition coefficient (Wildman–Crippen LogP) is 4.06. The molecule has 2 N–H and O–H groups in total. The smallest absolute Gasteiger partial charge is 0.344 e. The molecule has 1 atom stereocenters. The van der Waals surface area contributed by atoms with Crippen molar-refractivity contribution in [3.63, 3.8) is 0 Å². The molecule has 3 rings (SSSR count). The number of aliphatic imine (C=N–C) groups is 1. The molecule has 0 spiro atoms. The summed E-state index contributed by atoms with van der Waals surface area (Å²) in [5.74, 6) is -0.751. The average Bonchev–Trinajstić information content (AvgIpc) is 3.00. The molecule has 2 aromatic rings. The molecule has 0 bridgehead atoms. The van der Waals surface area contributed by atoms with Crippen molar-refractivity contribution in [1.82, 2.24) is 5.32 Å². The molecule has 0 radical (unpaired) electrons. The number of carbonyl (C=O) groups excluding carboxylic acids is 1. The molecule has 0 unspecified atom stereocenters. The van der Waals surface area contributed by atoms with E-state index in [9.17, 15) is 14.7 Å². The number of aryl methyl sites for hydroxylation is 2. The number of hydrogen-bond donors (Lipinski definition) is 2. The van der Waals surface area contributed by atoms with Gasteiger partial charge in [0.15, 0.2) is 22.8 Å². The van der Waals surface area contributed by atoms with Crippen LogP contribution in [0.4, 0.5) is 5.69 Å². The quantitative estimate of drug-likeness (QED) is 0.676. The lowest BCUT2D eigenvalue weighted by Crippen LogP contribution is -2.23. The van der Waals surface area contributed by atoms with Gasteiger partial charge in [0.05, 0.1) is 17.7 Å². The van der Waals surface area contributed by atoms with Crippen LogP contribution in [0.1, 0.15) is 23.6 Å². The van der Waals surface area contributed by atoms with Gasteiger partial charge in [-0.15, -0.1) is 0 Å². The molecule has 1 fully saturated rings. The Morgan fingerprint density at radius 2 is 1.93 bits per heavy atom. The largest absolute Gasteiger partial charge is 0.493 e. The van der Waals surface area contributed by atoms with E-state index in [1.54, 1.807) is 24.3 Å². The first kappa shape index (κ1) is 21.4. The normalized spacial score (nSPS) is 17.1. The van der Waals surface area contributed by atoms with Crippen molar-refractivity contribution in [3.8, 4) is 11.5 Å². The minimum absolute atomic E-state index is 0.260. The van der Waals surface area contributed by atoms with Gasteiger partial charge in [0, 0.05) is 5.56 Å². The zero-order valence-corrected chi connectivity index (χ0v) is 17.9. The molecular formula is C22H22N2O5S. The predicted molar refractivity (Wildman–Crippen MR) is 117 cm³/mol. The molecule has 0 aromatic heterocycles. The summed E-state index contributed by atoms with van der Waals surface area (Å²) in [6.45, 7) is 5.41. The van der Waals surface area contributed by atoms with Gasteiger partial charge in [0.2, 0.25) is 0 Å². The molecule has 156 valence electrons. The molecule has 0 saturated carbocycles. The molecule has 1 amide bonds. The van der Waals surface area contributed by atoms with Gasteiger partial charge in [-0.3, -0.25) is 4.79 Å². The fourth-order valence-electron chi connectivity index (χ4n) is 2.91. The van der Waals surface area contributed by atoms with Gasteiger partial charge < -0.3 is 19.9 Å². The van der Waals surface area contributed by atoms with E-state index in [0.717, 1.165) is 16.8 Å². The summed E-state index contributed by atoms with van der Waals surface area (Å²) in [5.41, 5.74) is 3.47. The van der Waals surface area contributed by atoms with Crippen LogP contribution in [0.15, 0.2) is 46.3 Å². The Morgan fingerprint density at radius 1 is 1.23 bits per heavy atom. The van der Waals surface area contributed by atoms with E-state index in [0.29, 0.717) is 21.4 Å². The molecule has 8 heteroatoms. The number of nitrogens with zero attached hydrogens (tertiary/aromatic N) is 1. The van der Waals surface area contributed by atoms with Crippen molar-refractivity contribution in [1.29, 1.82) is 0 Å². The Balaban J connectivity index is 1.92. The topological polar surface area (TPSA) is 97.2 Å². The van der Waals surface area contributed by atoms with Gasteiger partial charge in [-0.25, -0.2) is 9.79 Å². The number of carbonyl (C=O) groups is 2. The van der Waals surface area contributed by atoms with Crippen molar-refractivity contribution in [3.05, 3.63) is 58.0 Å². The average molecular weight is 426 g/mol. The van der Waals surface area contributed by atoms with Crippen LogP contribution in [0.3, 0.4) is 0 Å². The van der Waals surface area contributed by atoms with Crippen LogP contribution in [0.5, 0.6) is 11.5 Å². The molecular weight excluding hydrogens is 404 g/mol. The van der Waals surface area contributed by atoms with E-state index in [-0.39, 0.29) is 11.7 Å². The summed E-state index contributed by atoms with van der Waals surface area (Å²) < 4.78 is 10.9. The molecule has 1 saturated heterocycles. The molecule has 1 aliphatic heterocycles. The summed E-state index contributed by atoms with van der Waals surface area (Å²) in [5, 5.41) is 12.4. The first-order valence-electron chi connectivity index (χ1n) is 9.21. The maximum Gasteiger partial charge on any atom is 0.344 e. The monoisotopic (exact) mass is 426 g/mol. The summed E-state index contributed by atoms with van der Waals surface area (Å²) in [6, 6.07) is 11.1. The van der Waals surface area contributed by atoms with E-state index in [4.69, 9.17) is 9.47 Å². The SMILES string of the molecule is COc1cccc(/C=C2\SC(=Nc3cc(C)cc(C)c3)NC2=O)c1O[C@@H](C)C(=O)O. The van der Waals surface area contributed by atoms with Crippen LogP contribution in [0.2, 0.25) is 0 Å². The lowest BCUT2D eigenvalue weighted by atomic mass is 10.1. The van der Waals surface area contributed by atoms with Gasteiger partial charge in [0.25, 0.3) is 5.91 Å². The molecule has 1 heterocycles. The molecule has 2 aromatic carbocycles. The van der Waals surface area contributed by atoms with Crippen LogP contribution in [-0.4, -0.2) is 35.4 Å². The minimum atomic E-state index is -1.10. The van der Waals surface area contributed by atoms with Crippen molar-refractivity contribution in [2.75, 3.05) is 7.11 Å². The number of hydrogen-bond acceptors (Lipinski definition) is 6. The Hall–Kier alpha value is -3.26. The van der Waals surface area contributed by atoms with E-state index in [1.807, 2.05) is 26.0 Å². The van der Waals surface area contributed by atoms with Crippen LogP contribution in [0.25, 0.3) is 6.08 Å². The van der Waals surface area contributed by atoms with Crippen LogP contribution >= 0.6 is 11.8 Å². The first-order chi connectivity index (χ1) is 14.3. The van der Waals surface area contributed by atoms with Crippen molar-refractivity contribution >= 4 is 40.6 Å². The minimum Gasteiger partial charge on any atom is -0.493 e. The number of rotatable bonds is 6. The van der Waals surface area contributed by atoms with E-state index < -0.39 is 12.1 Å². The number of amides is 1. The maximum atomic E-state index is 12.5. The third kappa shape index (κ3) is 5.01. The van der Waals surface area contributed by atoms with Gasteiger partial charge in [-0.2, -0.15) is 0 Å². The number of amidine groups is 1. The highest BCUT2D eigenvalue weighted by Crippen LogP contribution is 2.36. The van der Waals surface area contributed by atoms with Crippen LogP contribution in [-0.2, 0) is 9.59 Å². The highest BCUT2D eigenvalue weighted by Gasteiger charge is 2.25. The van der Waals surface area contributed by atoms with E-state index in [2.05, 4.69) is 16.4 Å². The Kier molecular flexibility index (Phi) is 6.47. The van der Waals surface area contributed by atoms with Gasteiger partial charge in [-0.1, -0.05) is 18.2 Å². The Morgan fingerprint density at radius 3 is 2.57 bits per heavy atom. The van der Waals surface area contributed by atoms with Crippen molar-refractivity contribution in [2.45, 2.75) is 26.9 Å². The van der Waals surface area contributed by atoms with E-state index in [1.165, 1.54) is 25.8 Å².